The molecule has 0 aliphatic heterocycles. The molecule has 94 valence electrons. The third kappa shape index (κ3) is 2.25. The highest BCUT2D eigenvalue weighted by atomic mass is 32.1. The zero-order chi connectivity index (χ0) is 12.5. The number of amides is 1. The van der Waals surface area contributed by atoms with E-state index in [1.165, 1.54) is 36.3 Å². The second kappa shape index (κ2) is 4.69. The first kappa shape index (κ1) is 11.7. The lowest BCUT2D eigenvalue weighted by Crippen LogP contribution is -2.31. The number of halogens is 1. The summed E-state index contributed by atoms with van der Waals surface area (Å²) in [5.41, 5.74) is 0. The summed E-state index contributed by atoms with van der Waals surface area (Å²) in [5.74, 6) is -0.286. The molecule has 1 fully saturated rings. The Morgan fingerprint density at radius 1 is 1.28 bits per heavy atom. The molecule has 1 aromatic heterocycles. The SMILES string of the molecule is O=C(NC1CCCC1)c1cc2cc(F)ccc2s1. The number of hydrogen-bond acceptors (Lipinski definition) is 2. The fourth-order valence-electron chi connectivity index (χ4n) is 2.45. The van der Waals surface area contributed by atoms with Gasteiger partial charge in [0.05, 0.1) is 4.88 Å². The molecule has 0 unspecified atom stereocenters. The van der Waals surface area contributed by atoms with Crippen LogP contribution in [0.4, 0.5) is 4.39 Å². The Labute approximate surface area is 109 Å². The van der Waals surface area contributed by atoms with Crippen LogP contribution in [0.5, 0.6) is 0 Å². The standard InChI is InChI=1S/C14H14FNOS/c15-10-5-6-12-9(7-10)8-13(18-12)14(17)16-11-3-1-2-4-11/h5-8,11H,1-4H2,(H,16,17). The van der Waals surface area contributed by atoms with E-state index in [0.717, 1.165) is 22.9 Å². The van der Waals surface area contributed by atoms with E-state index >= 15 is 0 Å². The van der Waals surface area contributed by atoms with Gasteiger partial charge in [-0.25, -0.2) is 4.39 Å². The van der Waals surface area contributed by atoms with Gasteiger partial charge in [0.15, 0.2) is 0 Å². The highest BCUT2D eigenvalue weighted by Gasteiger charge is 2.19. The maximum absolute atomic E-state index is 13.1. The fourth-order valence-corrected chi connectivity index (χ4v) is 3.40. The molecule has 0 atom stereocenters. The van der Waals surface area contributed by atoms with E-state index in [1.54, 1.807) is 12.1 Å². The number of benzene rings is 1. The predicted octanol–water partition coefficient (Wildman–Crippen LogP) is 3.71. The zero-order valence-electron chi connectivity index (χ0n) is 9.91. The smallest absolute Gasteiger partial charge is 0.261 e. The van der Waals surface area contributed by atoms with Gasteiger partial charge in [-0.1, -0.05) is 12.8 Å². The van der Waals surface area contributed by atoms with Gasteiger partial charge in [0.1, 0.15) is 5.82 Å². The predicted molar refractivity (Wildman–Crippen MR) is 71.5 cm³/mol. The third-order valence-electron chi connectivity index (χ3n) is 3.39. The highest BCUT2D eigenvalue weighted by Crippen LogP contribution is 2.27. The molecule has 1 heterocycles. The maximum atomic E-state index is 13.1. The first-order valence-corrected chi connectivity index (χ1v) is 7.04. The average molecular weight is 263 g/mol. The summed E-state index contributed by atoms with van der Waals surface area (Å²) in [6.07, 6.45) is 4.54. The Balaban J connectivity index is 1.82. The highest BCUT2D eigenvalue weighted by molar-refractivity contribution is 7.20. The summed E-state index contributed by atoms with van der Waals surface area (Å²) in [6, 6.07) is 6.71. The summed E-state index contributed by atoms with van der Waals surface area (Å²) in [6.45, 7) is 0. The molecule has 1 aliphatic carbocycles. The number of hydrogen-bond donors (Lipinski definition) is 1. The van der Waals surface area contributed by atoms with Crippen molar-refractivity contribution in [3.8, 4) is 0 Å². The molecule has 1 saturated carbocycles. The minimum absolute atomic E-state index is 0.0245. The van der Waals surface area contributed by atoms with Crippen molar-refractivity contribution in [2.45, 2.75) is 31.7 Å². The van der Waals surface area contributed by atoms with Crippen molar-refractivity contribution in [1.82, 2.24) is 5.32 Å². The van der Waals surface area contributed by atoms with Crippen molar-refractivity contribution in [1.29, 1.82) is 0 Å². The van der Waals surface area contributed by atoms with Gasteiger partial charge < -0.3 is 5.32 Å². The molecule has 0 bridgehead atoms. The molecule has 1 amide bonds. The summed E-state index contributed by atoms with van der Waals surface area (Å²) in [5, 5.41) is 3.85. The van der Waals surface area contributed by atoms with E-state index in [2.05, 4.69) is 5.32 Å². The van der Waals surface area contributed by atoms with Crippen molar-refractivity contribution in [3.05, 3.63) is 35.0 Å². The van der Waals surface area contributed by atoms with Crippen LogP contribution in [0, 0.1) is 5.82 Å². The lowest BCUT2D eigenvalue weighted by atomic mass is 10.2. The molecule has 0 saturated heterocycles. The van der Waals surface area contributed by atoms with Gasteiger partial charge in [0.2, 0.25) is 0 Å². The fraction of sp³-hybridized carbons (Fsp3) is 0.357. The number of nitrogens with one attached hydrogen (secondary N) is 1. The molecule has 4 heteroatoms. The van der Waals surface area contributed by atoms with Crippen LogP contribution in [-0.4, -0.2) is 11.9 Å². The van der Waals surface area contributed by atoms with Crippen molar-refractivity contribution < 1.29 is 9.18 Å². The van der Waals surface area contributed by atoms with E-state index in [0.29, 0.717) is 10.9 Å². The van der Waals surface area contributed by atoms with Crippen LogP contribution in [0.15, 0.2) is 24.3 Å². The molecular formula is C14H14FNOS. The Bertz CT molecular complexity index is 586. The molecule has 2 nitrogen and oxygen atoms in total. The van der Waals surface area contributed by atoms with E-state index in [9.17, 15) is 9.18 Å². The molecule has 3 rings (SSSR count). The van der Waals surface area contributed by atoms with E-state index in [1.807, 2.05) is 0 Å². The van der Waals surface area contributed by atoms with E-state index < -0.39 is 0 Å². The number of carbonyl (C=O) groups is 1. The van der Waals surface area contributed by atoms with Crippen LogP contribution in [0.1, 0.15) is 35.4 Å². The monoisotopic (exact) mass is 263 g/mol. The minimum Gasteiger partial charge on any atom is -0.349 e. The first-order chi connectivity index (χ1) is 8.72. The van der Waals surface area contributed by atoms with Gasteiger partial charge in [0, 0.05) is 10.7 Å². The molecule has 1 aromatic carbocycles. The molecule has 2 aromatic rings. The summed E-state index contributed by atoms with van der Waals surface area (Å²) >= 11 is 1.42. The summed E-state index contributed by atoms with van der Waals surface area (Å²) in [7, 11) is 0. The molecule has 1 aliphatic rings. The first-order valence-electron chi connectivity index (χ1n) is 6.22. The summed E-state index contributed by atoms with van der Waals surface area (Å²) < 4.78 is 14.0. The van der Waals surface area contributed by atoms with Crippen LogP contribution in [0.2, 0.25) is 0 Å². The van der Waals surface area contributed by atoms with E-state index in [-0.39, 0.29) is 11.7 Å². The van der Waals surface area contributed by atoms with E-state index in [4.69, 9.17) is 0 Å². The Hall–Kier alpha value is -1.42. The molecular weight excluding hydrogens is 249 g/mol. The number of carbonyl (C=O) groups excluding carboxylic acids is 1. The molecule has 0 spiro atoms. The lowest BCUT2D eigenvalue weighted by Gasteiger charge is -2.10. The number of rotatable bonds is 2. The molecule has 18 heavy (non-hydrogen) atoms. The lowest BCUT2D eigenvalue weighted by molar-refractivity contribution is 0.0942. The second-order valence-electron chi connectivity index (χ2n) is 4.75. The van der Waals surface area contributed by atoms with Gasteiger partial charge in [-0.2, -0.15) is 0 Å². The Morgan fingerprint density at radius 3 is 2.83 bits per heavy atom. The van der Waals surface area contributed by atoms with Crippen molar-refractivity contribution in [3.63, 3.8) is 0 Å². The van der Waals surface area contributed by atoms with Crippen LogP contribution < -0.4 is 5.32 Å². The third-order valence-corrected chi connectivity index (χ3v) is 4.51. The largest absolute Gasteiger partial charge is 0.349 e. The van der Waals surface area contributed by atoms with Crippen LogP contribution in [0.25, 0.3) is 10.1 Å². The number of fused-ring (bicyclic) bond motifs is 1. The van der Waals surface area contributed by atoms with Gasteiger partial charge in [-0.3, -0.25) is 4.79 Å². The second-order valence-corrected chi connectivity index (χ2v) is 5.83. The molecule has 1 N–H and O–H groups in total. The van der Waals surface area contributed by atoms with Crippen LogP contribution in [0.3, 0.4) is 0 Å². The average Bonchev–Trinajstić information content (AvgIpc) is 2.96. The minimum atomic E-state index is -0.261. The van der Waals surface area contributed by atoms with Crippen LogP contribution in [-0.2, 0) is 0 Å². The zero-order valence-corrected chi connectivity index (χ0v) is 10.7. The van der Waals surface area contributed by atoms with Gasteiger partial charge in [0.25, 0.3) is 5.91 Å². The number of thiophene rings is 1. The maximum Gasteiger partial charge on any atom is 0.261 e. The summed E-state index contributed by atoms with van der Waals surface area (Å²) in [4.78, 5) is 12.7. The Kier molecular flexibility index (Phi) is 3.04. The Morgan fingerprint density at radius 2 is 2.06 bits per heavy atom. The van der Waals surface area contributed by atoms with Gasteiger partial charge in [-0.15, -0.1) is 11.3 Å². The topological polar surface area (TPSA) is 29.1 Å². The van der Waals surface area contributed by atoms with Gasteiger partial charge in [-0.05, 0) is 42.5 Å². The quantitative estimate of drug-likeness (QED) is 0.879. The normalized spacial score (nSPS) is 16.3. The van der Waals surface area contributed by atoms with Gasteiger partial charge >= 0.3 is 0 Å². The van der Waals surface area contributed by atoms with Crippen molar-refractivity contribution in [2.24, 2.45) is 0 Å². The van der Waals surface area contributed by atoms with Crippen LogP contribution >= 0.6 is 11.3 Å². The van der Waals surface area contributed by atoms with Crippen molar-refractivity contribution in [2.75, 3.05) is 0 Å². The van der Waals surface area contributed by atoms with Crippen molar-refractivity contribution >= 4 is 27.3 Å². The molecule has 0 radical (unpaired) electrons.